The Balaban J connectivity index is 1.65. The molecule has 1 aliphatic rings. The van der Waals surface area contributed by atoms with Crippen molar-refractivity contribution in [1.82, 2.24) is 4.98 Å². The zero-order chi connectivity index (χ0) is 16.6. The van der Waals surface area contributed by atoms with Crippen molar-refractivity contribution in [2.24, 2.45) is 0 Å². The first-order valence-electron chi connectivity index (χ1n) is 9.27. The summed E-state index contributed by atoms with van der Waals surface area (Å²) in [5, 5.41) is 3.76. The fourth-order valence-electron chi connectivity index (χ4n) is 4.25. The molecule has 0 unspecified atom stereocenters. The molecule has 1 saturated carbocycles. The van der Waals surface area contributed by atoms with E-state index in [-0.39, 0.29) is 0 Å². The third kappa shape index (κ3) is 2.60. The van der Waals surface area contributed by atoms with Crippen LogP contribution in [0.2, 0.25) is 0 Å². The quantitative estimate of drug-likeness (QED) is 0.399. The van der Waals surface area contributed by atoms with E-state index in [0.717, 1.165) is 17.1 Å². The summed E-state index contributed by atoms with van der Waals surface area (Å²) >= 11 is 0. The van der Waals surface area contributed by atoms with Crippen LogP contribution in [0.15, 0.2) is 72.8 Å². The highest BCUT2D eigenvalue weighted by molar-refractivity contribution is 5.96. The van der Waals surface area contributed by atoms with Crippen LogP contribution < -0.4 is 0 Å². The van der Waals surface area contributed by atoms with Crippen molar-refractivity contribution >= 4 is 21.7 Å². The molecule has 25 heavy (non-hydrogen) atoms. The molecule has 0 N–H and O–H groups in total. The van der Waals surface area contributed by atoms with Gasteiger partial charge in [0.25, 0.3) is 0 Å². The molecule has 1 aromatic heterocycles. The normalized spacial score (nSPS) is 15.2. The first-order chi connectivity index (χ1) is 12.4. The van der Waals surface area contributed by atoms with E-state index in [1.807, 2.05) is 0 Å². The van der Waals surface area contributed by atoms with Crippen molar-refractivity contribution in [2.45, 2.75) is 31.6 Å². The lowest BCUT2D eigenvalue weighted by atomic mass is 9.96. The van der Waals surface area contributed by atoms with Crippen molar-refractivity contribution in [3.8, 4) is 11.3 Å². The minimum atomic E-state index is 0.729. The number of pyridine rings is 1. The highest BCUT2D eigenvalue weighted by Crippen LogP contribution is 2.35. The first-order valence-corrected chi connectivity index (χ1v) is 9.27. The third-order valence-corrected chi connectivity index (χ3v) is 5.61. The van der Waals surface area contributed by atoms with Crippen LogP contribution in [0.3, 0.4) is 0 Å². The topological polar surface area (TPSA) is 12.9 Å². The van der Waals surface area contributed by atoms with Crippen molar-refractivity contribution in [3.05, 3.63) is 78.4 Å². The minimum Gasteiger partial charge on any atom is -0.248 e. The maximum Gasteiger partial charge on any atom is 0.0715 e. The van der Waals surface area contributed by atoms with Crippen molar-refractivity contribution < 1.29 is 0 Å². The molecule has 1 nitrogen and oxygen atoms in total. The fraction of sp³-hybridized carbons (Fsp3) is 0.208. The first kappa shape index (κ1) is 14.7. The molecule has 0 aliphatic heterocycles. The standard InChI is InChI=1S/C24H21N/c1-2-7-17(6-1)20-13-12-19-14-15-23(25-24(19)16-20)22-11-5-9-18-8-3-4-10-21(18)22/h3-5,8-17H,1-2,6-7H2. The Hall–Kier alpha value is -2.67. The van der Waals surface area contributed by atoms with Gasteiger partial charge >= 0.3 is 0 Å². The van der Waals surface area contributed by atoms with E-state index in [4.69, 9.17) is 4.98 Å². The molecule has 1 heterocycles. The van der Waals surface area contributed by atoms with E-state index >= 15 is 0 Å². The molecule has 1 fully saturated rings. The van der Waals surface area contributed by atoms with Gasteiger partial charge in [0.1, 0.15) is 0 Å². The van der Waals surface area contributed by atoms with Crippen LogP contribution in [0.4, 0.5) is 0 Å². The van der Waals surface area contributed by atoms with Gasteiger partial charge in [0.2, 0.25) is 0 Å². The number of rotatable bonds is 2. The Bertz CT molecular complexity index is 1050. The fourth-order valence-corrected chi connectivity index (χ4v) is 4.25. The van der Waals surface area contributed by atoms with Gasteiger partial charge in [-0.05, 0) is 47.2 Å². The molecule has 5 rings (SSSR count). The highest BCUT2D eigenvalue weighted by Gasteiger charge is 2.17. The molecule has 0 bridgehead atoms. The van der Waals surface area contributed by atoms with Crippen LogP contribution >= 0.6 is 0 Å². The Morgan fingerprint density at radius 1 is 0.720 bits per heavy atom. The Morgan fingerprint density at radius 2 is 1.52 bits per heavy atom. The van der Waals surface area contributed by atoms with Gasteiger partial charge in [-0.3, -0.25) is 0 Å². The molecule has 0 spiro atoms. The van der Waals surface area contributed by atoms with Crippen molar-refractivity contribution in [1.29, 1.82) is 0 Å². The monoisotopic (exact) mass is 323 g/mol. The summed E-state index contributed by atoms with van der Waals surface area (Å²) in [6.45, 7) is 0. The molecule has 0 atom stereocenters. The van der Waals surface area contributed by atoms with Gasteiger partial charge in [-0.1, -0.05) is 73.5 Å². The van der Waals surface area contributed by atoms with Crippen molar-refractivity contribution in [2.75, 3.05) is 0 Å². The average molecular weight is 323 g/mol. The zero-order valence-electron chi connectivity index (χ0n) is 14.3. The molecule has 4 aromatic rings. The second-order valence-electron chi connectivity index (χ2n) is 7.16. The molecule has 1 aliphatic carbocycles. The lowest BCUT2D eigenvalue weighted by molar-refractivity contribution is 0.724. The lowest BCUT2D eigenvalue weighted by Gasteiger charge is -2.11. The van der Waals surface area contributed by atoms with Gasteiger partial charge < -0.3 is 0 Å². The van der Waals surface area contributed by atoms with E-state index < -0.39 is 0 Å². The molecular weight excluding hydrogens is 302 g/mol. The predicted octanol–water partition coefficient (Wildman–Crippen LogP) is 6.71. The summed E-state index contributed by atoms with van der Waals surface area (Å²) in [5.41, 5.74) is 4.86. The third-order valence-electron chi connectivity index (χ3n) is 5.61. The van der Waals surface area contributed by atoms with Gasteiger partial charge in [-0.25, -0.2) is 4.98 Å². The van der Waals surface area contributed by atoms with E-state index in [0.29, 0.717) is 0 Å². The second kappa shape index (κ2) is 6.00. The van der Waals surface area contributed by atoms with Gasteiger partial charge in [0, 0.05) is 10.9 Å². The number of hydrogen-bond donors (Lipinski definition) is 0. The summed E-state index contributed by atoms with van der Waals surface area (Å²) in [4.78, 5) is 5.03. The highest BCUT2D eigenvalue weighted by atomic mass is 14.7. The smallest absolute Gasteiger partial charge is 0.0715 e. The zero-order valence-corrected chi connectivity index (χ0v) is 14.3. The van der Waals surface area contributed by atoms with Gasteiger partial charge in [-0.2, -0.15) is 0 Å². The number of nitrogens with zero attached hydrogens (tertiary/aromatic N) is 1. The predicted molar refractivity (Wildman–Crippen MR) is 106 cm³/mol. The van der Waals surface area contributed by atoms with Crippen LogP contribution in [0.5, 0.6) is 0 Å². The van der Waals surface area contributed by atoms with E-state index in [9.17, 15) is 0 Å². The van der Waals surface area contributed by atoms with E-state index in [1.165, 1.54) is 53.0 Å². The molecule has 122 valence electrons. The molecule has 0 amide bonds. The Labute approximate surface area is 148 Å². The molecule has 1 heteroatoms. The Kier molecular flexibility index (Phi) is 3.52. The second-order valence-corrected chi connectivity index (χ2v) is 7.16. The summed E-state index contributed by atoms with van der Waals surface area (Å²) in [6, 6.07) is 26.2. The van der Waals surface area contributed by atoms with Crippen LogP contribution in [-0.2, 0) is 0 Å². The number of benzene rings is 3. The number of hydrogen-bond acceptors (Lipinski definition) is 1. The SMILES string of the molecule is c1ccc2c(-c3ccc4ccc(C5CCCC5)cc4n3)cccc2c1. The lowest BCUT2D eigenvalue weighted by Crippen LogP contribution is -1.93. The van der Waals surface area contributed by atoms with Gasteiger partial charge in [-0.15, -0.1) is 0 Å². The summed E-state index contributed by atoms with van der Waals surface area (Å²) in [6.07, 6.45) is 5.39. The van der Waals surface area contributed by atoms with Gasteiger partial charge in [0.15, 0.2) is 0 Å². The average Bonchev–Trinajstić information content (AvgIpc) is 3.21. The maximum atomic E-state index is 5.03. The number of aromatic nitrogens is 1. The van der Waals surface area contributed by atoms with Crippen LogP contribution in [0.25, 0.3) is 32.9 Å². The largest absolute Gasteiger partial charge is 0.248 e. The molecular formula is C24H21N. The van der Waals surface area contributed by atoms with Crippen molar-refractivity contribution in [3.63, 3.8) is 0 Å². The molecule has 0 radical (unpaired) electrons. The summed E-state index contributed by atoms with van der Waals surface area (Å²) in [7, 11) is 0. The van der Waals surface area contributed by atoms with E-state index in [1.54, 1.807) is 0 Å². The number of fused-ring (bicyclic) bond motifs is 2. The Morgan fingerprint density at radius 3 is 2.44 bits per heavy atom. The summed E-state index contributed by atoms with van der Waals surface area (Å²) in [5.74, 6) is 0.729. The van der Waals surface area contributed by atoms with Gasteiger partial charge in [0.05, 0.1) is 11.2 Å². The van der Waals surface area contributed by atoms with Crippen LogP contribution in [0.1, 0.15) is 37.2 Å². The molecule has 0 saturated heterocycles. The van der Waals surface area contributed by atoms with E-state index in [2.05, 4.69) is 72.8 Å². The summed E-state index contributed by atoms with van der Waals surface area (Å²) < 4.78 is 0. The molecule has 3 aromatic carbocycles. The van der Waals surface area contributed by atoms with Crippen LogP contribution in [0, 0.1) is 0 Å². The minimum absolute atomic E-state index is 0.729. The maximum absolute atomic E-state index is 5.03. The van der Waals surface area contributed by atoms with Crippen LogP contribution in [-0.4, -0.2) is 4.98 Å².